The average Bonchev–Trinajstić information content (AvgIpc) is 2.60. The Labute approximate surface area is 140 Å². The smallest absolute Gasteiger partial charge is 0.266 e. The lowest BCUT2D eigenvalue weighted by atomic mass is 10.3. The first-order valence-corrected chi connectivity index (χ1v) is 7.83. The molecule has 0 aliphatic heterocycles. The standard InChI is InChI=1S/C17H21N3O4/c1-2-23-14-6-8-15(9-7-14)24-13-16(21)18-10-4-12-20-17(22)5-3-11-19-20/h3,5-9,11H,2,4,10,12-13H2,1H3,(H,18,21). The van der Waals surface area contributed by atoms with Crippen LogP contribution in [0.3, 0.4) is 0 Å². The van der Waals surface area contributed by atoms with Crippen LogP contribution in [0.2, 0.25) is 0 Å². The molecule has 0 atom stereocenters. The summed E-state index contributed by atoms with van der Waals surface area (Å²) in [5.74, 6) is 1.16. The molecule has 0 unspecified atom stereocenters. The summed E-state index contributed by atoms with van der Waals surface area (Å²) in [6.07, 6.45) is 2.18. The summed E-state index contributed by atoms with van der Waals surface area (Å²) in [5, 5.41) is 6.69. The summed E-state index contributed by atoms with van der Waals surface area (Å²) in [5.41, 5.74) is -0.150. The Bertz CT molecular complexity index is 697. The van der Waals surface area contributed by atoms with E-state index in [0.717, 1.165) is 5.75 Å². The van der Waals surface area contributed by atoms with Crippen LogP contribution < -0.4 is 20.3 Å². The summed E-state index contributed by atoms with van der Waals surface area (Å²) in [4.78, 5) is 23.2. The number of rotatable bonds is 9. The number of benzene rings is 1. The molecule has 0 fully saturated rings. The molecule has 0 spiro atoms. The molecule has 2 aromatic rings. The van der Waals surface area contributed by atoms with Gasteiger partial charge in [0.1, 0.15) is 11.5 Å². The lowest BCUT2D eigenvalue weighted by Crippen LogP contribution is -2.31. The minimum absolute atomic E-state index is 0.0580. The Kier molecular flexibility index (Phi) is 6.82. The van der Waals surface area contributed by atoms with Gasteiger partial charge in [0.2, 0.25) is 0 Å². The highest BCUT2D eigenvalue weighted by Crippen LogP contribution is 2.17. The topological polar surface area (TPSA) is 82.4 Å². The lowest BCUT2D eigenvalue weighted by Gasteiger charge is -2.09. The van der Waals surface area contributed by atoms with E-state index in [4.69, 9.17) is 9.47 Å². The molecule has 0 saturated carbocycles. The third-order valence-electron chi connectivity index (χ3n) is 3.16. The van der Waals surface area contributed by atoms with E-state index in [0.29, 0.717) is 31.9 Å². The Morgan fingerprint density at radius 2 is 1.88 bits per heavy atom. The van der Waals surface area contributed by atoms with E-state index in [1.807, 2.05) is 6.92 Å². The van der Waals surface area contributed by atoms with Gasteiger partial charge in [0.25, 0.3) is 11.5 Å². The van der Waals surface area contributed by atoms with Gasteiger partial charge < -0.3 is 14.8 Å². The summed E-state index contributed by atoms with van der Waals surface area (Å²) in [6, 6.07) is 10.1. The number of carbonyl (C=O) groups is 1. The Morgan fingerprint density at radius 3 is 2.54 bits per heavy atom. The minimum atomic E-state index is -0.211. The molecule has 2 rings (SSSR count). The Balaban J connectivity index is 1.64. The third-order valence-corrected chi connectivity index (χ3v) is 3.16. The lowest BCUT2D eigenvalue weighted by molar-refractivity contribution is -0.123. The Morgan fingerprint density at radius 1 is 1.17 bits per heavy atom. The van der Waals surface area contributed by atoms with E-state index in [2.05, 4.69) is 10.4 Å². The molecule has 0 bridgehead atoms. The molecule has 0 radical (unpaired) electrons. The number of aromatic nitrogens is 2. The van der Waals surface area contributed by atoms with Crippen LogP contribution in [0.25, 0.3) is 0 Å². The number of ether oxygens (including phenoxy) is 2. The SMILES string of the molecule is CCOc1ccc(OCC(=O)NCCCn2ncccc2=O)cc1. The average molecular weight is 331 g/mol. The molecule has 24 heavy (non-hydrogen) atoms. The summed E-state index contributed by atoms with van der Waals surface area (Å²) in [7, 11) is 0. The highest BCUT2D eigenvalue weighted by molar-refractivity contribution is 5.77. The van der Waals surface area contributed by atoms with Gasteiger partial charge in [0.05, 0.1) is 6.61 Å². The van der Waals surface area contributed by atoms with E-state index in [9.17, 15) is 9.59 Å². The number of carbonyl (C=O) groups excluding carboxylic acids is 1. The van der Waals surface area contributed by atoms with Crippen molar-refractivity contribution in [2.45, 2.75) is 19.9 Å². The molecule has 1 heterocycles. The molecule has 1 amide bonds. The molecular weight excluding hydrogens is 310 g/mol. The van der Waals surface area contributed by atoms with Crippen molar-refractivity contribution in [3.8, 4) is 11.5 Å². The predicted molar refractivity (Wildman–Crippen MR) is 89.2 cm³/mol. The van der Waals surface area contributed by atoms with Crippen LogP contribution >= 0.6 is 0 Å². The highest BCUT2D eigenvalue weighted by Gasteiger charge is 2.03. The normalized spacial score (nSPS) is 10.2. The van der Waals surface area contributed by atoms with Crippen LogP contribution in [-0.4, -0.2) is 35.4 Å². The van der Waals surface area contributed by atoms with Crippen molar-refractivity contribution >= 4 is 5.91 Å². The van der Waals surface area contributed by atoms with E-state index in [-0.39, 0.29) is 18.1 Å². The van der Waals surface area contributed by atoms with Crippen LogP contribution in [0, 0.1) is 0 Å². The largest absolute Gasteiger partial charge is 0.494 e. The summed E-state index contributed by atoms with van der Waals surface area (Å²) < 4.78 is 12.1. The van der Waals surface area contributed by atoms with Crippen LogP contribution in [0.4, 0.5) is 0 Å². The monoisotopic (exact) mass is 331 g/mol. The molecule has 128 valence electrons. The fraction of sp³-hybridized carbons (Fsp3) is 0.353. The highest BCUT2D eigenvalue weighted by atomic mass is 16.5. The molecule has 0 aliphatic rings. The van der Waals surface area contributed by atoms with E-state index in [1.165, 1.54) is 10.7 Å². The molecule has 0 aliphatic carbocycles. The number of nitrogens with zero attached hydrogens (tertiary/aromatic N) is 2. The first kappa shape index (κ1) is 17.5. The van der Waals surface area contributed by atoms with Crippen LogP contribution in [0.1, 0.15) is 13.3 Å². The van der Waals surface area contributed by atoms with E-state index < -0.39 is 0 Å². The zero-order valence-electron chi connectivity index (χ0n) is 13.6. The molecule has 7 nitrogen and oxygen atoms in total. The molecule has 0 saturated heterocycles. The van der Waals surface area contributed by atoms with Crippen molar-refractivity contribution in [3.05, 3.63) is 52.9 Å². The fourth-order valence-corrected chi connectivity index (χ4v) is 2.01. The summed E-state index contributed by atoms with van der Waals surface area (Å²) >= 11 is 0. The number of amides is 1. The number of nitrogens with one attached hydrogen (secondary N) is 1. The number of hydrogen-bond acceptors (Lipinski definition) is 5. The van der Waals surface area contributed by atoms with Gasteiger partial charge in [0.15, 0.2) is 6.61 Å². The quantitative estimate of drug-likeness (QED) is 0.699. The van der Waals surface area contributed by atoms with Gasteiger partial charge in [-0.1, -0.05) is 0 Å². The maximum absolute atomic E-state index is 11.7. The minimum Gasteiger partial charge on any atom is -0.494 e. The van der Waals surface area contributed by atoms with Gasteiger partial charge in [-0.15, -0.1) is 0 Å². The van der Waals surface area contributed by atoms with Gasteiger partial charge in [-0.25, -0.2) is 4.68 Å². The second-order valence-electron chi connectivity index (χ2n) is 4.98. The van der Waals surface area contributed by atoms with E-state index >= 15 is 0 Å². The maximum Gasteiger partial charge on any atom is 0.266 e. The molecular formula is C17H21N3O4. The first-order valence-electron chi connectivity index (χ1n) is 7.83. The van der Waals surface area contributed by atoms with Gasteiger partial charge >= 0.3 is 0 Å². The molecule has 1 aromatic carbocycles. The van der Waals surface area contributed by atoms with E-state index in [1.54, 1.807) is 36.5 Å². The van der Waals surface area contributed by atoms with Gasteiger partial charge in [-0.3, -0.25) is 9.59 Å². The zero-order chi connectivity index (χ0) is 17.2. The van der Waals surface area contributed by atoms with Gasteiger partial charge in [-0.05, 0) is 43.7 Å². The summed E-state index contributed by atoms with van der Waals surface area (Å²) in [6.45, 7) is 3.37. The fourth-order valence-electron chi connectivity index (χ4n) is 2.01. The zero-order valence-corrected chi connectivity index (χ0v) is 13.6. The van der Waals surface area contributed by atoms with Gasteiger partial charge in [0, 0.05) is 25.4 Å². The second kappa shape index (κ2) is 9.34. The van der Waals surface area contributed by atoms with Crippen molar-refractivity contribution in [2.75, 3.05) is 19.8 Å². The van der Waals surface area contributed by atoms with Crippen LogP contribution in [0.15, 0.2) is 47.4 Å². The number of aryl methyl sites for hydroxylation is 1. The Hall–Kier alpha value is -2.83. The van der Waals surface area contributed by atoms with Gasteiger partial charge in [-0.2, -0.15) is 5.10 Å². The van der Waals surface area contributed by atoms with Crippen LogP contribution in [-0.2, 0) is 11.3 Å². The van der Waals surface area contributed by atoms with Crippen molar-refractivity contribution < 1.29 is 14.3 Å². The van der Waals surface area contributed by atoms with Crippen molar-refractivity contribution in [2.24, 2.45) is 0 Å². The molecule has 1 N–H and O–H groups in total. The molecule has 7 heteroatoms. The van der Waals surface area contributed by atoms with Crippen molar-refractivity contribution in [1.82, 2.24) is 15.1 Å². The predicted octanol–water partition coefficient (Wildman–Crippen LogP) is 1.23. The number of hydrogen-bond donors (Lipinski definition) is 1. The third kappa shape index (κ3) is 5.75. The first-order chi connectivity index (χ1) is 11.7. The van der Waals surface area contributed by atoms with Crippen LogP contribution in [0.5, 0.6) is 11.5 Å². The molecule has 1 aromatic heterocycles. The van der Waals surface area contributed by atoms with Crippen molar-refractivity contribution in [3.63, 3.8) is 0 Å². The maximum atomic E-state index is 11.7. The second-order valence-corrected chi connectivity index (χ2v) is 4.98. The van der Waals surface area contributed by atoms with Crippen molar-refractivity contribution in [1.29, 1.82) is 0 Å².